The molecule has 1 N–H and O–H groups in total. The molecule has 0 atom stereocenters. The van der Waals surface area contributed by atoms with Crippen molar-refractivity contribution in [2.24, 2.45) is 4.99 Å². The molecule has 9 rings (SSSR count). The zero-order valence-corrected chi connectivity index (χ0v) is 24.6. The average Bonchev–Trinajstić information content (AvgIpc) is 3.75. The summed E-state index contributed by atoms with van der Waals surface area (Å²) in [7, 11) is -0.559. The van der Waals surface area contributed by atoms with Crippen LogP contribution < -0.4 is 9.31 Å². The van der Waals surface area contributed by atoms with E-state index < -0.39 is 7.12 Å². The van der Waals surface area contributed by atoms with Crippen molar-refractivity contribution < 1.29 is 9.31 Å². The van der Waals surface area contributed by atoms with Gasteiger partial charge < -0.3 is 14.3 Å². The number of nitrogens with zero attached hydrogens (tertiary/aromatic N) is 1. The molecule has 0 radical (unpaired) electrons. The summed E-state index contributed by atoms with van der Waals surface area (Å²) in [6.07, 6.45) is 4.20. The van der Waals surface area contributed by atoms with Crippen molar-refractivity contribution in [3.63, 3.8) is 0 Å². The van der Waals surface area contributed by atoms with E-state index in [0.717, 1.165) is 78.1 Å². The van der Waals surface area contributed by atoms with Gasteiger partial charge in [0.1, 0.15) is 11.5 Å². The molecule has 3 heterocycles. The van der Waals surface area contributed by atoms with Gasteiger partial charge in [-0.05, 0) is 99.3 Å². The topological polar surface area (TPSA) is 46.6 Å². The number of aromatic nitrogens is 1. The van der Waals surface area contributed by atoms with Crippen molar-refractivity contribution in [1.82, 2.24) is 4.98 Å². The van der Waals surface area contributed by atoms with Gasteiger partial charge in [0.05, 0.1) is 11.4 Å². The average molecular weight is 578 g/mol. The van der Waals surface area contributed by atoms with Gasteiger partial charge in [-0.2, -0.15) is 0 Å². The zero-order valence-electron chi connectivity index (χ0n) is 24.6. The van der Waals surface area contributed by atoms with E-state index >= 15 is 0 Å². The highest BCUT2D eigenvalue weighted by atomic mass is 16.6. The summed E-state index contributed by atoms with van der Waals surface area (Å²) in [5.41, 5.74) is 7.74. The fourth-order valence-electron chi connectivity index (χ4n) is 6.56. The Morgan fingerprint density at radius 2 is 1.09 bits per heavy atom. The third-order valence-corrected chi connectivity index (χ3v) is 8.74. The lowest BCUT2D eigenvalue weighted by atomic mass is 9.92. The van der Waals surface area contributed by atoms with Crippen molar-refractivity contribution in [3.8, 4) is 22.8 Å². The van der Waals surface area contributed by atoms with Crippen LogP contribution >= 0.6 is 0 Å². The Morgan fingerprint density at radius 3 is 1.78 bits per heavy atom. The number of rotatable bonds is 1. The van der Waals surface area contributed by atoms with Crippen LogP contribution in [0.15, 0.2) is 150 Å². The molecular formula is C40H27BN2O2. The Morgan fingerprint density at radius 1 is 0.533 bits per heavy atom. The van der Waals surface area contributed by atoms with Crippen molar-refractivity contribution in [3.05, 3.63) is 162 Å². The van der Waals surface area contributed by atoms with E-state index in [4.69, 9.17) is 14.3 Å². The number of hydrogen-bond donors (Lipinski definition) is 1. The van der Waals surface area contributed by atoms with Gasteiger partial charge in [-0.1, -0.05) is 84.9 Å². The molecule has 0 saturated carbocycles. The molecule has 4 nitrogen and oxygen atoms in total. The summed E-state index contributed by atoms with van der Waals surface area (Å²) >= 11 is 0. The molecule has 5 heteroatoms. The molecule has 0 fully saturated rings. The quantitative estimate of drug-likeness (QED) is 0.197. The SMILES string of the molecule is CB1Oc2cc3ccccc3cc2C2=N/C(=C(/c3ccc4ccccc4c3)c3ccc([nH]3)-c3cc4ccccc4cc3O1)C=C2. The maximum absolute atomic E-state index is 6.61. The summed E-state index contributed by atoms with van der Waals surface area (Å²) in [4.78, 5) is 8.99. The summed E-state index contributed by atoms with van der Waals surface area (Å²) in [5.74, 6) is 1.49. The van der Waals surface area contributed by atoms with Crippen molar-refractivity contribution in [2.75, 3.05) is 0 Å². The summed E-state index contributed by atoms with van der Waals surface area (Å²) < 4.78 is 13.2. The highest BCUT2D eigenvalue weighted by Crippen LogP contribution is 2.39. The van der Waals surface area contributed by atoms with Crippen molar-refractivity contribution in [1.29, 1.82) is 0 Å². The summed E-state index contributed by atoms with van der Waals surface area (Å²) in [5, 5.41) is 6.87. The lowest BCUT2D eigenvalue weighted by molar-refractivity contribution is 0.432. The Hall–Kier alpha value is -5.81. The number of fused-ring (bicyclic) bond motifs is 10. The smallest absolute Gasteiger partial charge is 0.525 e. The maximum Gasteiger partial charge on any atom is 0.591 e. The van der Waals surface area contributed by atoms with Crippen LogP contribution in [0.3, 0.4) is 0 Å². The standard InChI is InChI=1S/C40H27BN2O2/c1-41-44-38-23-29-12-6-4-10-27(29)21-32(38)34-16-18-36(42-34)40(31-15-14-25-8-2-3-9-26(25)20-31)37-19-17-35(43-37)33-22-28-11-5-7-13-30(28)24-39(33)45-41/h2-24,42H,1H3/b40-37-. The normalized spacial score (nSPS) is 15.8. The second kappa shape index (κ2) is 10.1. The van der Waals surface area contributed by atoms with Crippen molar-refractivity contribution >= 4 is 50.7 Å². The molecular weight excluding hydrogens is 551 g/mol. The monoisotopic (exact) mass is 578 g/mol. The van der Waals surface area contributed by atoms with E-state index in [1.807, 2.05) is 12.9 Å². The number of nitrogens with one attached hydrogen (secondary N) is 1. The molecule has 0 amide bonds. The second-order valence-corrected chi connectivity index (χ2v) is 11.6. The Labute approximate surface area is 261 Å². The molecule has 1 aromatic heterocycles. The van der Waals surface area contributed by atoms with Gasteiger partial charge in [-0.25, -0.2) is 4.99 Å². The molecule has 0 unspecified atom stereocenters. The van der Waals surface area contributed by atoms with E-state index in [1.165, 1.54) is 10.8 Å². The predicted octanol–water partition coefficient (Wildman–Crippen LogP) is 9.85. The number of allylic oxidation sites excluding steroid dienone is 2. The first kappa shape index (κ1) is 25.7. The number of aromatic amines is 1. The van der Waals surface area contributed by atoms with Crippen LogP contribution in [0.5, 0.6) is 11.5 Å². The second-order valence-electron chi connectivity index (χ2n) is 11.6. The predicted molar refractivity (Wildman–Crippen MR) is 186 cm³/mol. The minimum atomic E-state index is -0.559. The minimum absolute atomic E-state index is 0.559. The van der Waals surface area contributed by atoms with E-state index in [0.29, 0.717) is 0 Å². The molecule has 0 saturated heterocycles. The lowest BCUT2D eigenvalue weighted by Crippen LogP contribution is -2.26. The number of aliphatic imine (C=N–C) groups is 1. The van der Waals surface area contributed by atoms with Gasteiger partial charge >= 0.3 is 7.12 Å². The van der Waals surface area contributed by atoms with Crippen LogP contribution in [0.25, 0.3) is 49.1 Å². The molecule has 2 aliphatic heterocycles. The van der Waals surface area contributed by atoms with Crippen LogP contribution in [0.2, 0.25) is 6.82 Å². The minimum Gasteiger partial charge on any atom is -0.525 e. The third-order valence-electron chi connectivity index (χ3n) is 8.74. The van der Waals surface area contributed by atoms with Gasteiger partial charge in [-0.15, -0.1) is 0 Å². The van der Waals surface area contributed by atoms with Gasteiger partial charge in [0.2, 0.25) is 0 Å². The molecule has 6 aromatic carbocycles. The Kier molecular flexibility index (Phi) is 5.78. The maximum atomic E-state index is 6.61. The van der Waals surface area contributed by atoms with Crippen LogP contribution in [-0.2, 0) is 0 Å². The zero-order chi connectivity index (χ0) is 29.9. The van der Waals surface area contributed by atoms with E-state index in [-0.39, 0.29) is 0 Å². The van der Waals surface area contributed by atoms with Crippen LogP contribution in [0.4, 0.5) is 0 Å². The first-order valence-electron chi connectivity index (χ1n) is 15.3. The summed E-state index contributed by atoms with van der Waals surface area (Å²) in [6.45, 7) is 1.94. The Bertz CT molecular complexity index is 2420. The molecule has 0 spiro atoms. The van der Waals surface area contributed by atoms with Crippen molar-refractivity contribution in [2.45, 2.75) is 6.82 Å². The summed E-state index contributed by atoms with van der Waals surface area (Å²) in [6, 6.07) is 44.6. The largest absolute Gasteiger partial charge is 0.591 e. The van der Waals surface area contributed by atoms with Crippen LogP contribution in [-0.4, -0.2) is 17.8 Å². The lowest BCUT2D eigenvalue weighted by Gasteiger charge is -2.19. The number of H-pyrrole nitrogens is 1. The molecule has 0 aliphatic carbocycles. The van der Waals surface area contributed by atoms with E-state index in [1.54, 1.807) is 0 Å². The number of benzene rings is 6. The van der Waals surface area contributed by atoms with Gasteiger partial charge in [0.15, 0.2) is 0 Å². The van der Waals surface area contributed by atoms with E-state index in [9.17, 15) is 0 Å². The van der Waals surface area contributed by atoms with Gasteiger partial charge in [0, 0.05) is 28.1 Å². The highest BCUT2D eigenvalue weighted by molar-refractivity contribution is 6.45. The van der Waals surface area contributed by atoms with Gasteiger partial charge in [-0.3, -0.25) is 0 Å². The molecule has 2 aliphatic rings. The number of hydrogen-bond acceptors (Lipinski definition) is 3. The molecule has 45 heavy (non-hydrogen) atoms. The molecule has 4 bridgehead atoms. The first-order valence-corrected chi connectivity index (χ1v) is 15.3. The third kappa shape index (κ3) is 4.44. The van der Waals surface area contributed by atoms with Gasteiger partial charge in [0.25, 0.3) is 0 Å². The van der Waals surface area contributed by atoms with Crippen LogP contribution in [0.1, 0.15) is 16.8 Å². The molecule has 7 aromatic rings. The van der Waals surface area contributed by atoms with E-state index in [2.05, 4.69) is 138 Å². The van der Waals surface area contributed by atoms with Crippen LogP contribution in [0, 0.1) is 0 Å². The Balaban J connectivity index is 1.32. The fraction of sp³-hybridized carbons (Fsp3) is 0.0250. The highest BCUT2D eigenvalue weighted by Gasteiger charge is 2.25. The first-order chi connectivity index (χ1) is 22.2. The fourth-order valence-corrected chi connectivity index (χ4v) is 6.56. The molecule has 212 valence electrons.